The number of anilines is 2. The minimum atomic E-state index is -4.84. The van der Waals surface area contributed by atoms with Gasteiger partial charge in [-0.1, -0.05) is 11.6 Å². The van der Waals surface area contributed by atoms with Crippen LogP contribution >= 0.6 is 11.6 Å². The third-order valence-corrected chi connectivity index (χ3v) is 4.06. The molecule has 1 aromatic heterocycles. The molecule has 7 nitrogen and oxygen atoms in total. The van der Waals surface area contributed by atoms with E-state index in [1.165, 1.54) is 7.05 Å². The number of rotatable bonds is 5. The van der Waals surface area contributed by atoms with E-state index in [1.807, 2.05) is 10.6 Å². The van der Waals surface area contributed by atoms with Gasteiger partial charge in [-0.2, -0.15) is 13.2 Å². The summed E-state index contributed by atoms with van der Waals surface area (Å²) in [4.78, 5) is 27.8. The van der Waals surface area contributed by atoms with E-state index in [0.717, 1.165) is 12.1 Å². The average Bonchev–Trinajstić information content (AvgIpc) is 2.87. The van der Waals surface area contributed by atoms with Crippen LogP contribution in [0.2, 0.25) is 5.02 Å². The molecule has 0 spiro atoms. The third kappa shape index (κ3) is 6.10. The normalized spacial score (nSPS) is 13.5. The summed E-state index contributed by atoms with van der Waals surface area (Å²) in [6.07, 6.45) is -5.65. The second-order valence-corrected chi connectivity index (χ2v) is 6.40. The van der Waals surface area contributed by atoms with Gasteiger partial charge in [-0.15, -0.1) is 0 Å². The van der Waals surface area contributed by atoms with Crippen LogP contribution in [-0.4, -0.2) is 24.0 Å². The van der Waals surface area contributed by atoms with Gasteiger partial charge in [0.15, 0.2) is 0 Å². The standard InChI is InChI=1S/C21H15ClF4N4O3/c1-27-19(31)18-10-13(6-7-28-18)33-12-3-5-17(16(23)9-12)30-20(32)29-11-2-4-15(22)14(8-11)21(24,25)26/h2-10H,1H3,(H,27,31)(H2,29,30,32)/i3D,5D,6D,7D,9D,10D. The number of carbonyl (C=O) groups excluding carboxylic acids is 2. The Bertz CT molecular complexity index is 1480. The van der Waals surface area contributed by atoms with Crippen molar-refractivity contribution in [1.29, 1.82) is 0 Å². The SMILES string of the molecule is [2H]c1nc(C(=O)NC)c([2H])c(Oc2c([2H])c([2H])c(NC(=O)Nc3ccc(Cl)c(C(F)(F)F)c3)c(F)c2[2H])c1[2H]. The van der Waals surface area contributed by atoms with Gasteiger partial charge in [-0.3, -0.25) is 9.78 Å². The Morgan fingerprint density at radius 1 is 1.12 bits per heavy atom. The number of aromatic nitrogens is 1. The lowest BCUT2D eigenvalue weighted by Gasteiger charge is -2.13. The summed E-state index contributed by atoms with van der Waals surface area (Å²) < 4.78 is 107. The van der Waals surface area contributed by atoms with Crippen LogP contribution in [0, 0.1) is 5.82 Å². The molecule has 3 N–H and O–H groups in total. The highest BCUT2D eigenvalue weighted by Gasteiger charge is 2.33. The van der Waals surface area contributed by atoms with Crippen molar-refractivity contribution in [2.45, 2.75) is 6.18 Å². The topological polar surface area (TPSA) is 92.3 Å². The highest BCUT2D eigenvalue weighted by molar-refractivity contribution is 6.31. The molecular formula is C21H15ClF4N4O3. The van der Waals surface area contributed by atoms with E-state index in [4.69, 9.17) is 24.6 Å². The third-order valence-electron chi connectivity index (χ3n) is 3.73. The Morgan fingerprint density at radius 3 is 2.55 bits per heavy atom. The van der Waals surface area contributed by atoms with Gasteiger partial charge >= 0.3 is 12.2 Å². The largest absolute Gasteiger partial charge is 0.457 e. The molecule has 3 amide bonds. The number of urea groups is 1. The van der Waals surface area contributed by atoms with E-state index < -0.39 is 99.5 Å². The van der Waals surface area contributed by atoms with E-state index in [-0.39, 0.29) is 0 Å². The zero-order chi connectivity index (χ0) is 29.4. The first-order chi connectivity index (χ1) is 18.1. The maximum atomic E-state index is 15.0. The molecule has 0 saturated carbocycles. The minimum Gasteiger partial charge on any atom is -0.457 e. The molecule has 1 heterocycles. The smallest absolute Gasteiger partial charge is 0.417 e. The quantitative estimate of drug-likeness (QED) is 0.402. The number of nitrogens with one attached hydrogen (secondary N) is 3. The van der Waals surface area contributed by atoms with Crippen LogP contribution in [0.15, 0.2) is 54.6 Å². The lowest BCUT2D eigenvalue weighted by molar-refractivity contribution is -0.137. The molecule has 0 atom stereocenters. The zero-order valence-electron chi connectivity index (χ0n) is 22.3. The zero-order valence-corrected chi connectivity index (χ0v) is 17.0. The molecule has 0 fully saturated rings. The van der Waals surface area contributed by atoms with Gasteiger partial charge < -0.3 is 20.7 Å². The number of ether oxygens (including phenoxy) is 1. The monoisotopic (exact) mass is 488 g/mol. The lowest BCUT2D eigenvalue weighted by atomic mass is 10.2. The molecule has 0 aliphatic carbocycles. The molecule has 172 valence electrons. The van der Waals surface area contributed by atoms with Gasteiger partial charge in [-0.05, 0) is 36.3 Å². The second-order valence-electron chi connectivity index (χ2n) is 6.00. The number of alkyl halides is 3. The van der Waals surface area contributed by atoms with Crippen molar-refractivity contribution >= 4 is 34.9 Å². The molecule has 0 unspecified atom stereocenters. The van der Waals surface area contributed by atoms with Gasteiger partial charge in [0.25, 0.3) is 5.91 Å². The van der Waals surface area contributed by atoms with Crippen molar-refractivity contribution in [3.63, 3.8) is 0 Å². The molecular weight excluding hydrogens is 468 g/mol. The van der Waals surface area contributed by atoms with Crippen molar-refractivity contribution in [2.24, 2.45) is 0 Å². The van der Waals surface area contributed by atoms with Crippen LogP contribution in [0.1, 0.15) is 24.3 Å². The number of amides is 3. The Morgan fingerprint density at radius 2 is 1.85 bits per heavy atom. The fraction of sp³-hybridized carbons (Fsp3) is 0.0952. The fourth-order valence-corrected chi connectivity index (χ4v) is 2.51. The van der Waals surface area contributed by atoms with E-state index in [9.17, 15) is 22.8 Å². The molecule has 0 aliphatic heterocycles. The molecule has 12 heteroatoms. The van der Waals surface area contributed by atoms with E-state index >= 15 is 4.39 Å². The highest BCUT2D eigenvalue weighted by atomic mass is 35.5. The number of carbonyl (C=O) groups is 2. The summed E-state index contributed by atoms with van der Waals surface area (Å²) in [5.74, 6) is -4.32. The van der Waals surface area contributed by atoms with Crippen LogP contribution < -0.4 is 20.7 Å². The molecule has 3 rings (SSSR count). The summed E-state index contributed by atoms with van der Waals surface area (Å²) in [6.45, 7) is 0. The molecule has 3 aromatic rings. The number of pyridine rings is 1. The van der Waals surface area contributed by atoms with Crippen LogP contribution in [0.4, 0.5) is 33.7 Å². The van der Waals surface area contributed by atoms with Crippen molar-refractivity contribution < 1.29 is 40.1 Å². The predicted octanol–water partition coefficient (Wildman–Crippen LogP) is 5.69. The number of hydrogen-bond acceptors (Lipinski definition) is 4. The number of hydrogen-bond donors (Lipinski definition) is 3. The summed E-state index contributed by atoms with van der Waals surface area (Å²) in [5.41, 5.74) is -3.29. The maximum absolute atomic E-state index is 15.0. The van der Waals surface area contributed by atoms with Crippen molar-refractivity contribution in [1.82, 2.24) is 10.3 Å². The summed E-state index contributed by atoms with van der Waals surface area (Å²) in [7, 11) is 1.21. The summed E-state index contributed by atoms with van der Waals surface area (Å²) in [5, 5.41) is 5.37. The molecule has 33 heavy (non-hydrogen) atoms. The fourth-order valence-electron chi connectivity index (χ4n) is 2.28. The van der Waals surface area contributed by atoms with Gasteiger partial charge in [0.05, 0.1) is 24.5 Å². The molecule has 0 aliphatic rings. The van der Waals surface area contributed by atoms with Crippen molar-refractivity contribution in [3.05, 3.63) is 76.7 Å². The van der Waals surface area contributed by atoms with Gasteiger partial charge in [0.2, 0.25) is 0 Å². The van der Waals surface area contributed by atoms with Crippen LogP contribution in [0.5, 0.6) is 11.5 Å². The molecule has 0 saturated heterocycles. The van der Waals surface area contributed by atoms with Crippen LogP contribution in [0.3, 0.4) is 0 Å². The Labute approximate surface area is 198 Å². The van der Waals surface area contributed by atoms with Crippen LogP contribution in [0.25, 0.3) is 0 Å². The van der Waals surface area contributed by atoms with E-state index in [2.05, 4.69) is 10.3 Å². The number of nitrogens with zero attached hydrogens (tertiary/aromatic N) is 1. The van der Waals surface area contributed by atoms with Gasteiger partial charge in [-0.25, -0.2) is 9.18 Å². The average molecular weight is 489 g/mol. The van der Waals surface area contributed by atoms with Crippen molar-refractivity contribution in [3.8, 4) is 11.5 Å². The Balaban J connectivity index is 1.97. The van der Waals surface area contributed by atoms with E-state index in [1.54, 1.807) is 0 Å². The number of benzene rings is 2. The van der Waals surface area contributed by atoms with Gasteiger partial charge in [0.1, 0.15) is 23.0 Å². The number of halogens is 5. The van der Waals surface area contributed by atoms with Crippen molar-refractivity contribution in [2.75, 3.05) is 17.7 Å². The Kier molecular flexibility index (Phi) is 4.94. The minimum absolute atomic E-state index is 0.393. The van der Waals surface area contributed by atoms with Crippen LogP contribution in [-0.2, 0) is 6.18 Å². The first kappa shape index (κ1) is 16.7. The first-order valence-corrected chi connectivity index (χ1v) is 9.07. The molecule has 2 aromatic carbocycles. The highest BCUT2D eigenvalue weighted by Crippen LogP contribution is 2.36. The second kappa shape index (κ2) is 9.74. The molecule has 0 radical (unpaired) electrons. The maximum Gasteiger partial charge on any atom is 0.417 e. The summed E-state index contributed by atoms with van der Waals surface area (Å²) >= 11 is 5.52. The summed E-state index contributed by atoms with van der Waals surface area (Å²) in [6, 6.07) is -3.80. The molecule has 0 bridgehead atoms. The van der Waals surface area contributed by atoms with Gasteiger partial charge in [0, 0.05) is 31.0 Å². The predicted molar refractivity (Wildman–Crippen MR) is 113 cm³/mol. The lowest BCUT2D eigenvalue weighted by Crippen LogP contribution is -2.20. The first-order valence-electron chi connectivity index (χ1n) is 11.7. The Hall–Kier alpha value is -3.86. The van der Waals surface area contributed by atoms with E-state index in [0.29, 0.717) is 6.07 Å².